The highest BCUT2D eigenvalue weighted by atomic mass is 32.2. The zero-order valence-electron chi connectivity index (χ0n) is 18.1. The fourth-order valence-electron chi connectivity index (χ4n) is 2.63. The number of rotatable bonds is 14. The van der Waals surface area contributed by atoms with Crippen molar-refractivity contribution < 1.29 is 85.3 Å². The fourth-order valence-corrected chi connectivity index (χ4v) is 3.87. The Kier molecular flexibility index (Phi) is 10.2. The van der Waals surface area contributed by atoms with E-state index >= 15 is 0 Å². The molecule has 0 aliphatic rings. The molecule has 218 valence electrons. The maximum Gasteiger partial charge on any atom is 0.460 e. The normalized spacial score (nSPS) is 17.3. The molecule has 0 aliphatic heterocycles. The molecule has 0 amide bonds. The van der Waals surface area contributed by atoms with Crippen molar-refractivity contribution in [3.8, 4) is 0 Å². The molecule has 0 saturated heterocycles. The highest BCUT2D eigenvalue weighted by Crippen LogP contribution is 2.60. The average Bonchev–Trinajstić information content (AvgIpc) is 2.68. The van der Waals surface area contributed by atoms with Crippen LogP contribution in [0, 0.1) is 0 Å². The van der Waals surface area contributed by atoms with E-state index in [0.29, 0.717) is 4.72 Å². The lowest BCUT2D eigenvalue weighted by molar-refractivity contribution is -0.893. The number of nitrogens with one attached hydrogen (secondary N) is 1. The van der Waals surface area contributed by atoms with Crippen LogP contribution in [0.1, 0.15) is 6.42 Å². The Labute approximate surface area is 195 Å². The van der Waals surface area contributed by atoms with Crippen LogP contribution in [0.25, 0.3) is 0 Å². The summed E-state index contributed by atoms with van der Waals surface area (Å²) >= 11 is 0. The molecular formula is C15H22F13N2O5S+. The zero-order chi connectivity index (χ0) is 29.4. The summed E-state index contributed by atoms with van der Waals surface area (Å²) in [5.74, 6) is -32.6. The standard InChI is InChI=1S/C15H22F13N2O5S/c1-30(2,5-9(33)7-32)4-3-8(6-31)29-36(34,35)15(27,28)13(22,23)11(18,19)10(16,17)12(20,21)14(24,25)26/h8-9,29,31-33H,3-7H2,1-2H3/q+1. The van der Waals surface area contributed by atoms with Crippen molar-refractivity contribution in [2.75, 3.05) is 40.4 Å². The molecule has 4 N–H and O–H groups in total. The fraction of sp³-hybridized carbons (Fsp3) is 1.00. The number of hydrogen-bond acceptors (Lipinski definition) is 5. The first-order chi connectivity index (χ1) is 15.6. The van der Waals surface area contributed by atoms with Gasteiger partial charge in [0.05, 0.1) is 39.9 Å². The monoisotopic (exact) mass is 589 g/mol. The van der Waals surface area contributed by atoms with Gasteiger partial charge >= 0.3 is 35.1 Å². The highest BCUT2D eigenvalue weighted by molar-refractivity contribution is 7.90. The third-order valence-corrected chi connectivity index (χ3v) is 6.36. The predicted octanol–water partition coefficient (Wildman–Crippen LogP) is 1.78. The number of halogens is 13. The smallest absolute Gasteiger partial charge is 0.395 e. The molecule has 0 spiro atoms. The first-order valence-corrected chi connectivity index (χ1v) is 10.8. The second-order valence-electron chi connectivity index (χ2n) is 8.28. The van der Waals surface area contributed by atoms with Gasteiger partial charge in [-0.3, -0.25) is 0 Å². The maximum atomic E-state index is 14.0. The van der Waals surface area contributed by atoms with E-state index in [9.17, 15) is 70.6 Å². The van der Waals surface area contributed by atoms with E-state index in [0.717, 1.165) is 0 Å². The van der Waals surface area contributed by atoms with E-state index in [1.165, 1.54) is 14.1 Å². The number of aliphatic hydroxyl groups is 3. The maximum absolute atomic E-state index is 14.0. The van der Waals surface area contributed by atoms with E-state index < -0.39 is 83.5 Å². The molecule has 0 bridgehead atoms. The summed E-state index contributed by atoms with van der Waals surface area (Å²) in [6, 6.07) is -2.22. The number of nitrogens with zero attached hydrogens (tertiary/aromatic N) is 1. The second-order valence-corrected chi connectivity index (χ2v) is 10.0. The van der Waals surface area contributed by atoms with Crippen LogP contribution >= 0.6 is 0 Å². The Hall–Kier alpha value is -1.16. The van der Waals surface area contributed by atoms with Gasteiger partial charge in [0, 0.05) is 6.42 Å². The number of alkyl halides is 13. The molecule has 7 nitrogen and oxygen atoms in total. The molecular weight excluding hydrogens is 567 g/mol. The van der Waals surface area contributed by atoms with E-state index in [1.807, 2.05) is 0 Å². The van der Waals surface area contributed by atoms with Crippen molar-refractivity contribution >= 4 is 10.0 Å². The Bertz CT molecular complexity index is 849. The van der Waals surface area contributed by atoms with E-state index in [-0.39, 0.29) is 11.0 Å². The van der Waals surface area contributed by atoms with Crippen molar-refractivity contribution in [1.29, 1.82) is 0 Å². The number of aliphatic hydroxyl groups excluding tert-OH is 3. The molecule has 21 heteroatoms. The van der Waals surface area contributed by atoms with Crippen LogP contribution in [0.5, 0.6) is 0 Å². The van der Waals surface area contributed by atoms with Gasteiger partial charge in [0.1, 0.15) is 12.6 Å². The molecule has 2 atom stereocenters. The first kappa shape index (κ1) is 34.8. The molecule has 0 aromatic carbocycles. The zero-order valence-corrected chi connectivity index (χ0v) is 18.9. The summed E-state index contributed by atoms with van der Waals surface area (Å²) in [7, 11) is -4.68. The topological polar surface area (TPSA) is 107 Å². The van der Waals surface area contributed by atoms with Crippen LogP contribution in [0.2, 0.25) is 0 Å². The third-order valence-electron chi connectivity index (χ3n) is 4.78. The van der Waals surface area contributed by atoms with Crippen LogP contribution < -0.4 is 4.72 Å². The van der Waals surface area contributed by atoms with Crippen molar-refractivity contribution in [2.24, 2.45) is 0 Å². The number of quaternary nitrogens is 1. The van der Waals surface area contributed by atoms with Crippen LogP contribution in [0.15, 0.2) is 0 Å². The van der Waals surface area contributed by atoms with Gasteiger partial charge in [-0.2, -0.15) is 57.1 Å². The predicted molar refractivity (Wildman–Crippen MR) is 93.3 cm³/mol. The van der Waals surface area contributed by atoms with Gasteiger partial charge in [0.25, 0.3) is 10.0 Å². The molecule has 36 heavy (non-hydrogen) atoms. The van der Waals surface area contributed by atoms with Crippen molar-refractivity contribution in [3.05, 3.63) is 0 Å². The molecule has 0 aromatic heterocycles. The SMILES string of the molecule is C[N+](C)(CCC(CO)NS(=O)(=O)C(F)(F)C(F)(F)C(F)(F)C(F)(F)C(F)(F)C(F)(F)F)CC(O)CO. The summed E-state index contributed by atoms with van der Waals surface area (Å²) in [5, 5.41) is 19.9. The first-order valence-electron chi connectivity index (χ1n) is 9.29. The highest BCUT2D eigenvalue weighted by Gasteiger charge is 2.92. The lowest BCUT2D eigenvalue weighted by Crippen LogP contribution is -2.72. The van der Waals surface area contributed by atoms with Gasteiger partial charge in [0.15, 0.2) is 0 Å². The van der Waals surface area contributed by atoms with Gasteiger partial charge < -0.3 is 19.8 Å². The molecule has 0 heterocycles. The minimum absolute atomic E-state index is 0.273. The summed E-state index contributed by atoms with van der Waals surface area (Å²) < 4.78 is 195. The summed E-state index contributed by atoms with van der Waals surface area (Å²) in [4.78, 5) is 0. The number of hydrogen-bond donors (Lipinski definition) is 4. The Morgan fingerprint density at radius 3 is 1.53 bits per heavy atom. The largest absolute Gasteiger partial charge is 0.460 e. The molecule has 0 radical (unpaired) electrons. The second kappa shape index (κ2) is 10.5. The quantitative estimate of drug-likeness (QED) is 0.183. The Balaban J connectivity index is 6.14. The van der Waals surface area contributed by atoms with E-state index in [1.54, 1.807) is 0 Å². The van der Waals surface area contributed by atoms with Crippen molar-refractivity contribution in [2.45, 2.75) is 53.7 Å². The molecule has 2 unspecified atom stereocenters. The summed E-state index contributed by atoms with van der Waals surface area (Å²) in [6.45, 7) is -2.92. The van der Waals surface area contributed by atoms with Gasteiger partial charge in [-0.1, -0.05) is 0 Å². The van der Waals surface area contributed by atoms with Crippen LogP contribution in [0.3, 0.4) is 0 Å². The minimum atomic E-state index is -8.29. The van der Waals surface area contributed by atoms with Crippen molar-refractivity contribution in [3.63, 3.8) is 0 Å². The minimum Gasteiger partial charge on any atom is -0.395 e. The molecule has 0 fully saturated rings. The number of likely N-dealkylation sites (N-methyl/N-ethyl adjacent to an activating group) is 1. The van der Waals surface area contributed by atoms with Gasteiger partial charge in [-0.15, -0.1) is 0 Å². The van der Waals surface area contributed by atoms with Gasteiger partial charge in [-0.25, -0.2) is 13.1 Å². The van der Waals surface area contributed by atoms with Crippen LogP contribution in [0.4, 0.5) is 57.1 Å². The Morgan fingerprint density at radius 1 is 0.750 bits per heavy atom. The average molecular weight is 589 g/mol. The Morgan fingerprint density at radius 2 is 1.17 bits per heavy atom. The number of sulfonamides is 1. The van der Waals surface area contributed by atoms with Gasteiger partial charge in [0.2, 0.25) is 0 Å². The van der Waals surface area contributed by atoms with E-state index in [2.05, 4.69) is 0 Å². The summed E-state index contributed by atoms with van der Waals surface area (Å²) in [6.07, 6.45) is -9.77. The third kappa shape index (κ3) is 6.27. The molecule has 0 aromatic rings. The van der Waals surface area contributed by atoms with E-state index in [4.69, 9.17) is 10.2 Å². The lowest BCUT2D eigenvalue weighted by atomic mass is 9.98. The lowest BCUT2D eigenvalue weighted by Gasteiger charge is -2.39. The van der Waals surface area contributed by atoms with Crippen molar-refractivity contribution in [1.82, 2.24) is 4.72 Å². The molecule has 0 rings (SSSR count). The van der Waals surface area contributed by atoms with Crippen LogP contribution in [-0.4, -0.2) is 116 Å². The summed E-state index contributed by atoms with van der Waals surface area (Å²) in [5.41, 5.74) is 0. The van der Waals surface area contributed by atoms with Gasteiger partial charge in [-0.05, 0) is 0 Å². The molecule has 0 aliphatic carbocycles. The molecule has 0 saturated carbocycles. The van der Waals surface area contributed by atoms with Crippen LogP contribution in [-0.2, 0) is 10.0 Å².